The summed E-state index contributed by atoms with van der Waals surface area (Å²) in [4.78, 5) is 0. The van der Waals surface area contributed by atoms with Crippen molar-refractivity contribution >= 4 is 6.08 Å². The van der Waals surface area contributed by atoms with Crippen molar-refractivity contribution < 1.29 is 17.6 Å². The Hall–Kier alpha value is -1.32. The summed E-state index contributed by atoms with van der Waals surface area (Å²) in [7, 11) is 0. The van der Waals surface area contributed by atoms with Crippen LogP contribution >= 0.6 is 0 Å². The summed E-state index contributed by atoms with van der Waals surface area (Å²) in [6.45, 7) is 2.12. The number of alkyl halides is 4. The molecule has 0 aliphatic carbocycles. The van der Waals surface area contributed by atoms with Crippen LogP contribution in [0, 0.1) is 6.92 Å². The van der Waals surface area contributed by atoms with E-state index in [1.54, 1.807) is 18.2 Å². The molecule has 1 aromatic carbocycles. The first-order chi connectivity index (χ1) is 6.83. The number of allylic oxidation sites excluding steroid dienone is 1. The van der Waals surface area contributed by atoms with Crippen LogP contribution in [0.15, 0.2) is 36.4 Å². The van der Waals surface area contributed by atoms with Gasteiger partial charge in [0.25, 0.3) is 0 Å². The van der Waals surface area contributed by atoms with Gasteiger partial charge in [-0.2, -0.15) is 17.6 Å². The van der Waals surface area contributed by atoms with E-state index in [-0.39, 0.29) is 6.08 Å². The van der Waals surface area contributed by atoms with Crippen molar-refractivity contribution in [3.05, 3.63) is 48.9 Å². The lowest BCUT2D eigenvalue weighted by atomic mass is 10.1. The fraction of sp³-hybridized carbons (Fsp3) is 0.182. The lowest BCUT2D eigenvalue weighted by Crippen LogP contribution is -2.35. The maximum atomic E-state index is 12.7. The van der Waals surface area contributed by atoms with Crippen LogP contribution in [0.3, 0.4) is 0 Å². The Morgan fingerprint density at radius 3 is 2.00 bits per heavy atom. The van der Waals surface area contributed by atoms with Crippen molar-refractivity contribution in [1.82, 2.24) is 0 Å². The normalized spacial score (nSPS) is 13.4. The molecule has 0 fully saturated rings. The monoisotopic (exact) mass is 217 g/mol. The van der Waals surface area contributed by atoms with Gasteiger partial charge in [0.2, 0.25) is 0 Å². The summed E-state index contributed by atoms with van der Waals surface area (Å²) in [6, 6.07) is 8.02. The summed E-state index contributed by atoms with van der Waals surface area (Å²) in [5.74, 6) is -8.53. The van der Waals surface area contributed by atoms with E-state index in [4.69, 9.17) is 0 Å². The first-order valence-corrected chi connectivity index (χ1v) is 4.18. The van der Waals surface area contributed by atoms with Crippen LogP contribution in [-0.4, -0.2) is 11.8 Å². The van der Waals surface area contributed by atoms with Crippen LogP contribution in [0.1, 0.15) is 5.56 Å². The van der Waals surface area contributed by atoms with Gasteiger partial charge in [0.15, 0.2) is 0 Å². The number of rotatable bonds is 3. The second-order valence-corrected chi connectivity index (χ2v) is 3.07. The van der Waals surface area contributed by atoms with E-state index in [1.807, 2.05) is 0 Å². The molecule has 0 unspecified atom stereocenters. The zero-order valence-corrected chi connectivity index (χ0v) is 7.76. The van der Waals surface area contributed by atoms with Gasteiger partial charge < -0.3 is 0 Å². The number of benzene rings is 1. The number of hydrogen-bond donors (Lipinski definition) is 0. The van der Waals surface area contributed by atoms with Crippen molar-refractivity contribution in [2.75, 3.05) is 0 Å². The molecule has 0 aliphatic heterocycles. The van der Waals surface area contributed by atoms with Gasteiger partial charge in [0.1, 0.15) is 0 Å². The first-order valence-electron chi connectivity index (χ1n) is 4.18. The Balaban J connectivity index is 2.83. The summed E-state index contributed by atoms with van der Waals surface area (Å²) in [6.07, 6.45) is 1.11. The Morgan fingerprint density at radius 2 is 1.53 bits per heavy atom. The average Bonchev–Trinajstić information content (AvgIpc) is 2.15. The molecular weight excluding hydrogens is 208 g/mol. The van der Waals surface area contributed by atoms with Gasteiger partial charge in [-0.25, -0.2) is 0 Å². The van der Waals surface area contributed by atoms with Crippen molar-refractivity contribution in [2.45, 2.75) is 11.8 Å². The van der Waals surface area contributed by atoms with Gasteiger partial charge in [-0.15, -0.1) is 0 Å². The molecule has 0 aromatic heterocycles. The van der Waals surface area contributed by atoms with E-state index in [1.165, 1.54) is 12.1 Å². The molecule has 0 saturated carbocycles. The molecule has 0 saturated heterocycles. The van der Waals surface area contributed by atoms with Crippen molar-refractivity contribution in [3.8, 4) is 0 Å². The van der Waals surface area contributed by atoms with Crippen LogP contribution in [0.5, 0.6) is 0 Å². The fourth-order valence-corrected chi connectivity index (χ4v) is 0.887. The van der Waals surface area contributed by atoms with Gasteiger partial charge in [-0.05, 0) is 11.6 Å². The molecule has 0 atom stereocenters. The maximum absolute atomic E-state index is 12.7. The number of halogens is 4. The Labute approximate surface area is 85.2 Å². The quantitative estimate of drug-likeness (QED) is 0.675. The summed E-state index contributed by atoms with van der Waals surface area (Å²) in [5, 5.41) is 0. The van der Waals surface area contributed by atoms with E-state index < -0.39 is 11.8 Å². The summed E-state index contributed by atoms with van der Waals surface area (Å²) < 4.78 is 50.0. The van der Waals surface area contributed by atoms with Crippen LogP contribution in [0.2, 0.25) is 0 Å². The molecule has 0 aliphatic rings. The molecule has 81 valence electrons. The van der Waals surface area contributed by atoms with Gasteiger partial charge in [0.05, 0.1) is 0 Å². The van der Waals surface area contributed by atoms with Gasteiger partial charge in [-0.1, -0.05) is 36.4 Å². The van der Waals surface area contributed by atoms with Crippen LogP contribution in [-0.2, 0) is 0 Å². The van der Waals surface area contributed by atoms with E-state index in [0.29, 0.717) is 5.56 Å². The first kappa shape index (κ1) is 11.8. The summed E-state index contributed by atoms with van der Waals surface area (Å²) >= 11 is 0. The molecule has 1 aromatic rings. The topological polar surface area (TPSA) is 0 Å². The van der Waals surface area contributed by atoms with Crippen molar-refractivity contribution in [2.24, 2.45) is 0 Å². The lowest BCUT2D eigenvalue weighted by Gasteiger charge is -2.18. The molecule has 1 radical (unpaired) electrons. The zero-order chi connectivity index (χ0) is 11.5. The molecule has 1 rings (SSSR count). The lowest BCUT2D eigenvalue weighted by molar-refractivity contribution is -0.148. The Bertz CT molecular complexity index is 335. The Morgan fingerprint density at radius 1 is 1.00 bits per heavy atom. The molecule has 0 amide bonds. The Kier molecular flexibility index (Phi) is 3.17. The third-order valence-electron chi connectivity index (χ3n) is 1.77. The maximum Gasteiger partial charge on any atom is 0.328 e. The molecule has 0 spiro atoms. The van der Waals surface area contributed by atoms with E-state index in [2.05, 4.69) is 6.92 Å². The molecule has 0 heterocycles. The van der Waals surface area contributed by atoms with Crippen LogP contribution in [0.4, 0.5) is 17.6 Å². The number of hydrogen-bond acceptors (Lipinski definition) is 0. The predicted molar refractivity (Wildman–Crippen MR) is 50.7 cm³/mol. The van der Waals surface area contributed by atoms with E-state index in [0.717, 1.165) is 6.08 Å². The molecule has 4 heteroatoms. The largest absolute Gasteiger partial charge is 0.328 e. The minimum absolute atomic E-state index is 0.162. The van der Waals surface area contributed by atoms with E-state index >= 15 is 0 Å². The fourth-order valence-electron chi connectivity index (χ4n) is 0.887. The average molecular weight is 217 g/mol. The smallest absolute Gasteiger partial charge is 0.200 e. The highest BCUT2D eigenvalue weighted by Gasteiger charge is 2.49. The third kappa shape index (κ3) is 3.08. The minimum atomic E-state index is -4.29. The SMILES string of the molecule is [CH2]C(F)(F)C(F)(F)C=Cc1ccccc1. The minimum Gasteiger partial charge on any atom is -0.200 e. The van der Waals surface area contributed by atoms with Crippen molar-refractivity contribution in [3.63, 3.8) is 0 Å². The zero-order valence-electron chi connectivity index (χ0n) is 7.76. The molecule has 15 heavy (non-hydrogen) atoms. The molecular formula is C11H9F4. The second-order valence-electron chi connectivity index (χ2n) is 3.07. The van der Waals surface area contributed by atoms with Crippen molar-refractivity contribution in [1.29, 1.82) is 0 Å². The van der Waals surface area contributed by atoms with Gasteiger partial charge in [0, 0.05) is 6.92 Å². The van der Waals surface area contributed by atoms with Crippen LogP contribution in [0.25, 0.3) is 6.08 Å². The second kappa shape index (κ2) is 4.04. The van der Waals surface area contributed by atoms with Crippen LogP contribution < -0.4 is 0 Å². The highest BCUT2D eigenvalue weighted by Crippen LogP contribution is 2.34. The molecule has 0 nitrogen and oxygen atoms in total. The molecule has 0 N–H and O–H groups in total. The highest BCUT2D eigenvalue weighted by molar-refractivity contribution is 5.50. The standard InChI is InChI=1S/C11H9F4/c1-10(12,13)11(14,15)8-7-9-5-3-2-4-6-9/h2-8H,1H2. The van der Waals surface area contributed by atoms with Gasteiger partial charge in [-0.3, -0.25) is 0 Å². The summed E-state index contributed by atoms with van der Waals surface area (Å²) in [5.41, 5.74) is 0.432. The van der Waals surface area contributed by atoms with Gasteiger partial charge >= 0.3 is 11.8 Å². The predicted octanol–water partition coefficient (Wildman–Crippen LogP) is 3.80. The highest BCUT2D eigenvalue weighted by atomic mass is 19.3. The molecule has 0 bridgehead atoms. The third-order valence-corrected chi connectivity index (χ3v) is 1.77. The van der Waals surface area contributed by atoms with E-state index in [9.17, 15) is 17.6 Å².